The summed E-state index contributed by atoms with van der Waals surface area (Å²) in [6.45, 7) is 6.17. The lowest BCUT2D eigenvalue weighted by Gasteiger charge is -2.30. The average molecular weight is 294 g/mol. The molecule has 0 aliphatic carbocycles. The van der Waals surface area contributed by atoms with Crippen molar-refractivity contribution in [3.05, 3.63) is 30.5 Å². The second-order valence-corrected chi connectivity index (χ2v) is 7.65. The lowest BCUT2D eigenvalue weighted by atomic mass is 10.0. The van der Waals surface area contributed by atoms with Crippen LogP contribution in [0.15, 0.2) is 30.5 Å². The van der Waals surface area contributed by atoms with Crippen LogP contribution in [-0.4, -0.2) is 25.7 Å². The van der Waals surface area contributed by atoms with E-state index in [1.54, 1.807) is 0 Å². The Labute approximate surface area is 120 Å². The first-order valence-electron chi connectivity index (χ1n) is 6.85. The number of benzene rings is 1. The van der Waals surface area contributed by atoms with Crippen molar-refractivity contribution in [2.75, 3.05) is 10.6 Å². The third-order valence-corrected chi connectivity index (χ3v) is 4.65. The molecule has 1 heterocycles. The van der Waals surface area contributed by atoms with E-state index in [9.17, 15) is 8.42 Å². The second-order valence-electron chi connectivity index (χ2n) is 5.79. The number of nitrogens with one attached hydrogen (secondary N) is 1. The van der Waals surface area contributed by atoms with Crippen LogP contribution >= 0.6 is 0 Å². The van der Waals surface area contributed by atoms with Crippen molar-refractivity contribution in [2.45, 2.75) is 33.2 Å². The van der Waals surface area contributed by atoms with E-state index in [2.05, 4.69) is 18.8 Å². The Morgan fingerprint density at radius 2 is 1.90 bits per heavy atom. The highest BCUT2D eigenvalue weighted by atomic mass is 32.2. The van der Waals surface area contributed by atoms with E-state index in [0.29, 0.717) is 5.92 Å². The van der Waals surface area contributed by atoms with Gasteiger partial charge in [0.15, 0.2) is 0 Å². The summed E-state index contributed by atoms with van der Waals surface area (Å²) in [6, 6.07) is 7.60. The Morgan fingerprint density at radius 3 is 2.50 bits per heavy atom. The molecule has 0 saturated heterocycles. The van der Waals surface area contributed by atoms with Crippen LogP contribution in [0, 0.1) is 5.92 Å². The molecule has 1 atom stereocenters. The highest BCUT2D eigenvalue weighted by molar-refractivity contribution is 7.92. The molecule has 0 fully saturated rings. The van der Waals surface area contributed by atoms with Gasteiger partial charge in [-0.3, -0.25) is 4.31 Å². The van der Waals surface area contributed by atoms with Crippen LogP contribution in [0.3, 0.4) is 0 Å². The molecule has 1 unspecified atom stereocenters. The van der Waals surface area contributed by atoms with Gasteiger partial charge in [-0.05, 0) is 43.5 Å². The fourth-order valence-electron chi connectivity index (χ4n) is 2.73. The number of hydrogen-bond donors (Lipinski definition) is 1. The summed E-state index contributed by atoms with van der Waals surface area (Å²) in [7, 11) is -3.29. The lowest BCUT2D eigenvalue weighted by Crippen LogP contribution is -2.38. The summed E-state index contributed by atoms with van der Waals surface area (Å²) in [5, 5.41) is 1.02. The van der Waals surface area contributed by atoms with Crippen LogP contribution in [0.4, 0.5) is 5.69 Å². The highest BCUT2D eigenvalue weighted by Crippen LogP contribution is 2.27. The molecule has 5 heteroatoms. The fourth-order valence-corrected chi connectivity index (χ4v) is 3.96. The van der Waals surface area contributed by atoms with Crippen molar-refractivity contribution in [3.63, 3.8) is 0 Å². The lowest BCUT2D eigenvalue weighted by molar-refractivity contribution is 0.510. The molecule has 2 aromatic rings. The van der Waals surface area contributed by atoms with Crippen molar-refractivity contribution < 1.29 is 8.42 Å². The number of H-pyrrole nitrogens is 1. The quantitative estimate of drug-likeness (QED) is 0.919. The minimum atomic E-state index is -3.29. The Balaban J connectivity index is 2.45. The molecule has 110 valence electrons. The summed E-state index contributed by atoms with van der Waals surface area (Å²) in [4.78, 5) is 3.12. The van der Waals surface area contributed by atoms with Gasteiger partial charge in [0.25, 0.3) is 0 Å². The molecule has 2 rings (SSSR count). The second kappa shape index (κ2) is 5.48. The van der Waals surface area contributed by atoms with Gasteiger partial charge in [-0.15, -0.1) is 0 Å². The Bertz CT molecular complexity index is 689. The third kappa shape index (κ3) is 3.15. The van der Waals surface area contributed by atoms with Crippen molar-refractivity contribution in [1.29, 1.82) is 0 Å². The Kier molecular flexibility index (Phi) is 4.09. The van der Waals surface area contributed by atoms with Gasteiger partial charge in [0.1, 0.15) is 0 Å². The number of sulfonamides is 1. The van der Waals surface area contributed by atoms with Crippen molar-refractivity contribution in [1.82, 2.24) is 4.98 Å². The number of anilines is 1. The molecule has 0 amide bonds. The molecule has 0 saturated carbocycles. The molecular weight excluding hydrogens is 272 g/mol. The average Bonchev–Trinajstić information content (AvgIpc) is 2.73. The predicted molar refractivity (Wildman–Crippen MR) is 84.5 cm³/mol. The molecule has 0 aliphatic rings. The molecular formula is C15H22N2O2S. The molecule has 20 heavy (non-hydrogen) atoms. The SMILES string of the molecule is CC(C)CC(C)N(c1ccc2[nH]ccc2c1)S(C)(=O)=O. The van der Waals surface area contributed by atoms with Gasteiger partial charge < -0.3 is 4.98 Å². The van der Waals surface area contributed by atoms with E-state index in [0.717, 1.165) is 23.0 Å². The summed E-state index contributed by atoms with van der Waals surface area (Å²) in [5.74, 6) is 0.449. The number of rotatable bonds is 5. The number of nitrogens with zero attached hydrogens (tertiary/aromatic N) is 1. The summed E-state index contributed by atoms with van der Waals surface area (Å²) in [6.07, 6.45) is 3.96. The van der Waals surface area contributed by atoms with Crippen LogP contribution < -0.4 is 4.31 Å². The minimum absolute atomic E-state index is 0.0543. The van der Waals surface area contributed by atoms with Gasteiger partial charge in [-0.25, -0.2) is 8.42 Å². The van der Waals surface area contributed by atoms with E-state index < -0.39 is 10.0 Å². The normalized spacial score (nSPS) is 13.8. The van der Waals surface area contributed by atoms with Crippen molar-refractivity contribution >= 4 is 26.6 Å². The van der Waals surface area contributed by atoms with E-state index >= 15 is 0 Å². The smallest absolute Gasteiger partial charge is 0.232 e. The number of aromatic amines is 1. The fraction of sp³-hybridized carbons (Fsp3) is 0.467. The predicted octanol–water partition coefficient (Wildman–Crippen LogP) is 3.37. The molecule has 0 aliphatic heterocycles. The van der Waals surface area contributed by atoms with E-state index in [-0.39, 0.29) is 6.04 Å². The van der Waals surface area contributed by atoms with Gasteiger partial charge in [-0.2, -0.15) is 0 Å². The van der Waals surface area contributed by atoms with Crippen LogP contribution in [0.5, 0.6) is 0 Å². The third-order valence-electron chi connectivity index (χ3n) is 3.36. The maximum atomic E-state index is 12.1. The van der Waals surface area contributed by atoms with E-state index in [1.165, 1.54) is 10.6 Å². The van der Waals surface area contributed by atoms with Crippen LogP contribution in [-0.2, 0) is 10.0 Å². The Hall–Kier alpha value is -1.49. The Morgan fingerprint density at radius 1 is 1.20 bits per heavy atom. The molecule has 1 aromatic heterocycles. The van der Waals surface area contributed by atoms with Crippen LogP contribution in [0.25, 0.3) is 10.9 Å². The molecule has 1 aromatic carbocycles. The maximum absolute atomic E-state index is 12.1. The zero-order valence-electron chi connectivity index (χ0n) is 12.4. The molecule has 0 bridgehead atoms. The van der Waals surface area contributed by atoms with E-state index in [1.807, 2.05) is 37.4 Å². The number of aromatic nitrogens is 1. The topological polar surface area (TPSA) is 53.2 Å². The summed E-state index contributed by atoms with van der Waals surface area (Å²) < 4.78 is 25.8. The first-order chi connectivity index (χ1) is 9.29. The minimum Gasteiger partial charge on any atom is -0.361 e. The molecule has 1 N–H and O–H groups in total. The molecule has 0 radical (unpaired) electrons. The largest absolute Gasteiger partial charge is 0.361 e. The molecule has 4 nitrogen and oxygen atoms in total. The highest BCUT2D eigenvalue weighted by Gasteiger charge is 2.24. The van der Waals surface area contributed by atoms with Crippen molar-refractivity contribution in [3.8, 4) is 0 Å². The van der Waals surface area contributed by atoms with Crippen LogP contribution in [0.2, 0.25) is 0 Å². The summed E-state index contributed by atoms with van der Waals surface area (Å²) in [5.41, 5.74) is 1.74. The monoisotopic (exact) mass is 294 g/mol. The van der Waals surface area contributed by atoms with Gasteiger partial charge in [0, 0.05) is 23.1 Å². The standard InChI is InChI=1S/C15H22N2O2S/c1-11(2)9-12(3)17(20(4,18)19)14-5-6-15-13(10-14)7-8-16-15/h5-8,10-12,16H,9H2,1-4H3. The van der Waals surface area contributed by atoms with Gasteiger partial charge >= 0.3 is 0 Å². The molecule has 0 spiro atoms. The first kappa shape index (κ1) is 14.9. The van der Waals surface area contributed by atoms with Crippen molar-refractivity contribution in [2.24, 2.45) is 5.92 Å². The zero-order chi connectivity index (χ0) is 14.9. The number of hydrogen-bond acceptors (Lipinski definition) is 2. The number of fused-ring (bicyclic) bond motifs is 1. The van der Waals surface area contributed by atoms with Gasteiger partial charge in [0.05, 0.1) is 11.9 Å². The van der Waals surface area contributed by atoms with Crippen LogP contribution in [0.1, 0.15) is 27.2 Å². The first-order valence-corrected chi connectivity index (χ1v) is 8.70. The maximum Gasteiger partial charge on any atom is 0.232 e. The van der Waals surface area contributed by atoms with Gasteiger partial charge in [-0.1, -0.05) is 13.8 Å². The van der Waals surface area contributed by atoms with E-state index in [4.69, 9.17) is 0 Å². The zero-order valence-corrected chi connectivity index (χ0v) is 13.2. The summed E-state index contributed by atoms with van der Waals surface area (Å²) >= 11 is 0. The van der Waals surface area contributed by atoms with Gasteiger partial charge in [0.2, 0.25) is 10.0 Å².